The molecule has 6 nitrogen and oxygen atoms in total. The van der Waals surface area contributed by atoms with E-state index in [1.165, 1.54) is 25.5 Å². The summed E-state index contributed by atoms with van der Waals surface area (Å²) in [5.74, 6) is 0.939. The van der Waals surface area contributed by atoms with Crippen LogP contribution in [0.2, 0.25) is 0 Å². The van der Waals surface area contributed by atoms with E-state index in [0.717, 1.165) is 22.4 Å². The lowest BCUT2D eigenvalue weighted by Crippen LogP contribution is -2.20. The van der Waals surface area contributed by atoms with Gasteiger partial charge in [-0.1, -0.05) is 43.0 Å². The molecule has 0 aliphatic carbocycles. The van der Waals surface area contributed by atoms with Crippen LogP contribution in [0.4, 0.5) is 13.2 Å². The van der Waals surface area contributed by atoms with Crippen molar-refractivity contribution in [3.05, 3.63) is 113 Å². The Morgan fingerprint density at radius 1 is 1.05 bits per heavy atom. The third kappa shape index (κ3) is 5.51. The van der Waals surface area contributed by atoms with Crippen molar-refractivity contribution >= 4 is 17.1 Å². The highest BCUT2D eigenvalue weighted by molar-refractivity contribution is 5.83. The van der Waals surface area contributed by atoms with Crippen molar-refractivity contribution in [1.82, 2.24) is 9.66 Å². The van der Waals surface area contributed by atoms with Crippen LogP contribution in [0.25, 0.3) is 22.3 Å². The molecule has 194 valence electrons. The minimum Gasteiger partial charge on any atom is -0.493 e. The maximum absolute atomic E-state index is 13.4. The predicted molar refractivity (Wildman–Crippen MR) is 142 cm³/mol. The lowest BCUT2D eigenvalue weighted by atomic mass is 10.1. The highest BCUT2D eigenvalue weighted by Crippen LogP contribution is 2.34. The number of ether oxygens (including phenoxy) is 2. The minimum absolute atomic E-state index is 0.0275. The molecule has 0 atom stereocenters. The molecule has 0 saturated carbocycles. The van der Waals surface area contributed by atoms with Gasteiger partial charge >= 0.3 is 6.18 Å². The van der Waals surface area contributed by atoms with Gasteiger partial charge in [0, 0.05) is 11.1 Å². The fraction of sp³-hybridized carbons (Fsp3) is 0.138. The van der Waals surface area contributed by atoms with Gasteiger partial charge in [-0.3, -0.25) is 4.79 Å². The average Bonchev–Trinajstić information content (AvgIpc) is 2.91. The molecular weight excluding hydrogens is 495 g/mol. The summed E-state index contributed by atoms with van der Waals surface area (Å²) in [7, 11) is 1.50. The number of nitrogens with zero attached hydrogens (tertiary/aromatic N) is 3. The van der Waals surface area contributed by atoms with Crippen molar-refractivity contribution in [2.24, 2.45) is 5.10 Å². The highest BCUT2D eigenvalue weighted by atomic mass is 19.4. The Morgan fingerprint density at radius 2 is 1.84 bits per heavy atom. The summed E-state index contributed by atoms with van der Waals surface area (Å²) >= 11 is 0. The summed E-state index contributed by atoms with van der Waals surface area (Å²) in [5, 5.41) is 4.64. The number of benzene rings is 3. The molecule has 0 radical (unpaired) electrons. The third-order valence-electron chi connectivity index (χ3n) is 5.61. The van der Waals surface area contributed by atoms with E-state index in [0.29, 0.717) is 29.0 Å². The number of hydrogen-bond acceptors (Lipinski definition) is 5. The Bertz CT molecular complexity index is 1590. The zero-order valence-electron chi connectivity index (χ0n) is 20.5. The van der Waals surface area contributed by atoms with Crippen LogP contribution in [0.1, 0.15) is 16.7 Å². The van der Waals surface area contributed by atoms with Gasteiger partial charge in [0.2, 0.25) is 0 Å². The quantitative estimate of drug-likeness (QED) is 0.193. The Kier molecular flexibility index (Phi) is 7.76. The van der Waals surface area contributed by atoms with E-state index in [2.05, 4.69) is 23.2 Å². The fourth-order valence-corrected chi connectivity index (χ4v) is 3.90. The van der Waals surface area contributed by atoms with Crippen LogP contribution in [-0.2, 0) is 12.6 Å². The van der Waals surface area contributed by atoms with E-state index >= 15 is 0 Å². The van der Waals surface area contributed by atoms with E-state index in [1.807, 2.05) is 0 Å². The number of hydrogen-bond donors (Lipinski definition) is 0. The number of rotatable bonds is 9. The first-order chi connectivity index (χ1) is 18.3. The normalized spacial score (nSPS) is 11.6. The molecular formula is C29H24F3N3O3. The Labute approximate surface area is 217 Å². The zero-order chi connectivity index (χ0) is 27.3. The second-order valence-electron chi connectivity index (χ2n) is 8.20. The largest absolute Gasteiger partial charge is 0.493 e. The number of fused-ring (bicyclic) bond motifs is 1. The molecule has 9 heteroatoms. The zero-order valence-corrected chi connectivity index (χ0v) is 20.5. The Balaban J connectivity index is 1.89. The average molecular weight is 520 g/mol. The molecule has 0 spiro atoms. The van der Waals surface area contributed by atoms with Crippen LogP contribution >= 0.6 is 0 Å². The number of allylic oxidation sites excluding steroid dienone is 1. The molecule has 0 aliphatic heterocycles. The standard InChI is InChI=1S/C29H24F3N3O3/c1-4-9-20-15-19(16-25(37-3)26(20)38-14-5-2)18-33-35-27(21-10-8-11-22(17-21)29(30,31)32)34-24-13-7-6-12-23(24)28(35)36/h4-8,10-13,15-18H,1-2,9,14H2,3H3. The van der Waals surface area contributed by atoms with Crippen molar-refractivity contribution < 1.29 is 22.6 Å². The Hall–Kier alpha value is -4.66. The monoisotopic (exact) mass is 519 g/mol. The molecule has 0 amide bonds. The Morgan fingerprint density at radius 3 is 2.55 bits per heavy atom. The molecule has 4 aromatic rings. The van der Waals surface area contributed by atoms with E-state index in [9.17, 15) is 18.0 Å². The number of methoxy groups -OCH3 is 1. The lowest BCUT2D eigenvalue weighted by molar-refractivity contribution is -0.137. The first-order valence-corrected chi connectivity index (χ1v) is 11.6. The van der Waals surface area contributed by atoms with Crippen LogP contribution in [0.15, 0.2) is 95.9 Å². The van der Waals surface area contributed by atoms with Crippen LogP contribution < -0.4 is 15.0 Å². The summed E-state index contributed by atoms with van der Waals surface area (Å²) in [6, 6.07) is 14.7. The summed E-state index contributed by atoms with van der Waals surface area (Å²) in [5.41, 5.74) is 0.391. The molecule has 4 rings (SSSR count). The third-order valence-corrected chi connectivity index (χ3v) is 5.61. The smallest absolute Gasteiger partial charge is 0.416 e. The summed E-state index contributed by atoms with van der Waals surface area (Å²) in [4.78, 5) is 17.9. The van der Waals surface area contributed by atoms with E-state index in [1.54, 1.807) is 48.6 Å². The van der Waals surface area contributed by atoms with E-state index < -0.39 is 17.3 Å². The molecule has 0 unspecified atom stereocenters. The predicted octanol–water partition coefficient (Wildman–Crippen LogP) is 6.27. The number of alkyl halides is 3. The van der Waals surface area contributed by atoms with Crippen LogP contribution in [0.3, 0.4) is 0 Å². The van der Waals surface area contributed by atoms with Gasteiger partial charge in [0.1, 0.15) is 6.61 Å². The molecule has 3 aromatic carbocycles. The van der Waals surface area contributed by atoms with Gasteiger partial charge in [0.05, 0.1) is 29.8 Å². The second-order valence-corrected chi connectivity index (χ2v) is 8.20. The van der Waals surface area contributed by atoms with E-state index in [4.69, 9.17) is 9.47 Å². The maximum Gasteiger partial charge on any atom is 0.416 e. The number of para-hydroxylation sites is 1. The van der Waals surface area contributed by atoms with Crippen LogP contribution in [0, 0.1) is 0 Å². The molecule has 0 saturated heterocycles. The van der Waals surface area contributed by atoms with Gasteiger partial charge in [-0.25, -0.2) is 4.98 Å². The first kappa shape index (κ1) is 26.4. The topological polar surface area (TPSA) is 65.7 Å². The highest BCUT2D eigenvalue weighted by Gasteiger charge is 2.31. The molecule has 1 heterocycles. The van der Waals surface area contributed by atoms with Crippen molar-refractivity contribution in [3.8, 4) is 22.9 Å². The SMILES string of the molecule is C=CCOc1c(CC=C)cc(C=Nn2c(-c3cccc(C(F)(F)F)c3)nc3ccccc3c2=O)cc1OC. The molecule has 0 bridgehead atoms. The van der Waals surface area contributed by atoms with Crippen molar-refractivity contribution in [1.29, 1.82) is 0 Å². The molecule has 0 fully saturated rings. The first-order valence-electron chi connectivity index (χ1n) is 11.6. The van der Waals surface area contributed by atoms with Gasteiger partial charge in [-0.05, 0) is 48.4 Å². The van der Waals surface area contributed by atoms with Gasteiger partial charge < -0.3 is 9.47 Å². The summed E-state index contributed by atoms with van der Waals surface area (Å²) < 4.78 is 52.5. The minimum atomic E-state index is -4.56. The van der Waals surface area contributed by atoms with E-state index in [-0.39, 0.29) is 23.4 Å². The molecule has 38 heavy (non-hydrogen) atoms. The summed E-state index contributed by atoms with van der Waals surface area (Å²) in [6.45, 7) is 7.71. The summed E-state index contributed by atoms with van der Waals surface area (Å²) in [6.07, 6.45) is 0.647. The van der Waals surface area contributed by atoms with Crippen molar-refractivity contribution in [3.63, 3.8) is 0 Å². The van der Waals surface area contributed by atoms with Gasteiger partial charge in [0.25, 0.3) is 5.56 Å². The fourth-order valence-electron chi connectivity index (χ4n) is 3.90. The lowest BCUT2D eigenvalue weighted by Gasteiger charge is -2.15. The maximum atomic E-state index is 13.4. The van der Waals surface area contributed by atoms with Crippen LogP contribution in [0.5, 0.6) is 11.5 Å². The van der Waals surface area contributed by atoms with Crippen molar-refractivity contribution in [2.45, 2.75) is 12.6 Å². The molecule has 1 aromatic heterocycles. The molecule has 0 N–H and O–H groups in total. The number of aromatic nitrogens is 2. The van der Waals surface area contributed by atoms with Gasteiger partial charge in [-0.15, -0.1) is 6.58 Å². The van der Waals surface area contributed by atoms with Crippen LogP contribution in [-0.4, -0.2) is 29.6 Å². The number of halogens is 3. The van der Waals surface area contributed by atoms with Gasteiger partial charge in [0.15, 0.2) is 17.3 Å². The molecule has 0 aliphatic rings. The van der Waals surface area contributed by atoms with Crippen molar-refractivity contribution in [2.75, 3.05) is 13.7 Å². The van der Waals surface area contributed by atoms with Gasteiger partial charge in [-0.2, -0.15) is 22.9 Å². The second kappa shape index (κ2) is 11.2.